The topological polar surface area (TPSA) is 134 Å². The van der Waals surface area contributed by atoms with E-state index in [1.165, 1.54) is 18.1 Å². The quantitative estimate of drug-likeness (QED) is 0.336. The van der Waals surface area contributed by atoms with Crippen molar-refractivity contribution in [2.45, 2.75) is 11.8 Å². The molecule has 0 atom stereocenters. The van der Waals surface area contributed by atoms with Gasteiger partial charge in [-0.3, -0.25) is 9.52 Å². The van der Waals surface area contributed by atoms with Crippen molar-refractivity contribution in [2.75, 3.05) is 36.8 Å². The number of para-hydroxylation sites is 1. The summed E-state index contributed by atoms with van der Waals surface area (Å²) in [7, 11) is -2.80. The van der Waals surface area contributed by atoms with Crippen molar-refractivity contribution in [3.63, 3.8) is 0 Å². The zero-order valence-electron chi connectivity index (χ0n) is 20.8. The Labute approximate surface area is 220 Å². The number of methoxy groups -OCH3 is 1. The molecule has 3 aromatic rings. The number of esters is 1. The predicted molar refractivity (Wildman–Crippen MR) is 141 cm³/mol. The molecular weight excluding hydrogens is 510 g/mol. The van der Waals surface area contributed by atoms with Crippen LogP contribution in [-0.2, 0) is 24.3 Å². The van der Waals surface area contributed by atoms with Crippen molar-refractivity contribution in [3.8, 4) is 11.5 Å². The van der Waals surface area contributed by atoms with Gasteiger partial charge in [-0.05, 0) is 61.0 Å². The number of ether oxygens (including phenoxy) is 2. The summed E-state index contributed by atoms with van der Waals surface area (Å²) in [4.78, 5) is 26.3. The van der Waals surface area contributed by atoms with Gasteiger partial charge in [0, 0.05) is 17.9 Å². The van der Waals surface area contributed by atoms with Crippen LogP contribution in [0.2, 0.25) is 0 Å². The third-order valence-electron chi connectivity index (χ3n) is 5.79. The monoisotopic (exact) mass is 537 g/mol. The van der Waals surface area contributed by atoms with Gasteiger partial charge in [-0.2, -0.15) is 0 Å². The fourth-order valence-electron chi connectivity index (χ4n) is 3.89. The minimum Gasteiger partial charge on any atom is -0.466 e. The van der Waals surface area contributed by atoms with Crippen LogP contribution in [0.4, 0.5) is 11.4 Å². The number of amides is 1. The maximum atomic E-state index is 13.2. The molecule has 1 aliphatic heterocycles. The number of carbonyl (C=O) groups excluding carboxylic acids is 2. The number of anilines is 2. The number of sulfonamides is 1. The molecule has 0 saturated carbocycles. The van der Waals surface area contributed by atoms with Gasteiger partial charge >= 0.3 is 5.97 Å². The van der Waals surface area contributed by atoms with Crippen LogP contribution in [0.5, 0.6) is 11.5 Å². The van der Waals surface area contributed by atoms with E-state index in [1.807, 2.05) is 30.3 Å². The van der Waals surface area contributed by atoms with Crippen LogP contribution in [0, 0.1) is 6.92 Å². The fourth-order valence-corrected chi connectivity index (χ4v) is 5.22. The van der Waals surface area contributed by atoms with Gasteiger partial charge in [0.15, 0.2) is 0 Å². The second-order valence-corrected chi connectivity index (χ2v) is 10.1. The van der Waals surface area contributed by atoms with E-state index in [2.05, 4.69) is 10.0 Å². The minimum absolute atomic E-state index is 0.00927. The zero-order chi connectivity index (χ0) is 27.3. The van der Waals surface area contributed by atoms with E-state index in [4.69, 9.17) is 9.47 Å². The number of aryl methyl sites for hydroxylation is 1. The standard InChI is InChI=1S/C27H27N3O7S/c1-18-8-9-20(28-25-23(27(33)36-2)17-30(14-15-31)26(25)32)16-24(18)38(34,35)29-19-10-12-22(13-11-19)37-21-6-4-3-5-7-21/h3-13,16,28-29,31H,14-15,17H2,1-2H3. The summed E-state index contributed by atoms with van der Waals surface area (Å²) in [5, 5.41) is 12.1. The minimum atomic E-state index is -4.01. The van der Waals surface area contributed by atoms with Crippen LogP contribution in [0.25, 0.3) is 0 Å². The van der Waals surface area contributed by atoms with Gasteiger partial charge in [-0.25, -0.2) is 13.2 Å². The summed E-state index contributed by atoms with van der Waals surface area (Å²) in [6.45, 7) is 1.39. The van der Waals surface area contributed by atoms with Crippen LogP contribution in [0.3, 0.4) is 0 Å². The number of aliphatic hydroxyl groups is 1. The van der Waals surface area contributed by atoms with Crippen molar-refractivity contribution in [2.24, 2.45) is 0 Å². The smallest absolute Gasteiger partial charge is 0.337 e. The Morgan fingerprint density at radius 3 is 2.32 bits per heavy atom. The van der Waals surface area contributed by atoms with Gasteiger partial charge in [0.2, 0.25) is 0 Å². The summed E-state index contributed by atoms with van der Waals surface area (Å²) in [5.41, 5.74) is 1.17. The highest BCUT2D eigenvalue weighted by molar-refractivity contribution is 7.92. The van der Waals surface area contributed by atoms with Crippen LogP contribution >= 0.6 is 0 Å². The SMILES string of the molecule is COC(=O)C1=C(Nc2ccc(C)c(S(=O)(=O)Nc3ccc(Oc4ccccc4)cc3)c2)C(=O)N(CCO)C1. The lowest BCUT2D eigenvalue weighted by atomic mass is 10.2. The first-order chi connectivity index (χ1) is 18.2. The van der Waals surface area contributed by atoms with Crippen molar-refractivity contribution in [1.82, 2.24) is 4.90 Å². The average Bonchev–Trinajstić information content (AvgIpc) is 3.21. The van der Waals surface area contributed by atoms with E-state index in [9.17, 15) is 23.1 Å². The number of carbonyl (C=O) groups is 2. The largest absolute Gasteiger partial charge is 0.466 e. The molecule has 0 radical (unpaired) electrons. The fraction of sp³-hybridized carbons (Fsp3) is 0.185. The van der Waals surface area contributed by atoms with E-state index in [0.717, 1.165) is 0 Å². The molecule has 3 aromatic carbocycles. The number of hydrogen-bond acceptors (Lipinski definition) is 8. The number of hydrogen-bond donors (Lipinski definition) is 3. The second-order valence-electron chi connectivity index (χ2n) is 8.45. The highest BCUT2D eigenvalue weighted by Crippen LogP contribution is 2.28. The van der Waals surface area contributed by atoms with Crippen molar-refractivity contribution in [3.05, 3.63) is 89.6 Å². The molecule has 3 N–H and O–H groups in total. The molecule has 1 heterocycles. The molecule has 0 aromatic heterocycles. The number of aliphatic hydroxyl groups excluding tert-OH is 1. The normalized spacial score (nSPS) is 13.4. The number of nitrogens with zero attached hydrogens (tertiary/aromatic N) is 1. The Morgan fingerprint density at radius 1 is 1.00 bits per heavy atom. The third kappa shape index (κ3) is 5.96. The molecule has 1 amide bonds. The maximum Gasteiger partial charge on any atom is 0.337 e. The summed E-state index contributed by atoms with van der Waals surface area (Å²) in [6.07, 6.45) is 0. The number of β-amino-alcohol motifs (C(OH)–C–C–N with tert-alkyl or cyclic N) is 1. The molecule has 0 bridgehead atoms. The number of benzene rings is 3. The molecule has 198 valence electrons. The first-order valence-electron chi connectivity index (χ1n) is 11.7. The third-order valence-corrected chi connectivity index (χ3v) is 7.31. The molecule has 11 heteroatoms. The Bertz CT molecular complexity index is 1470. The van der Waals surface area contributed by atoms with Crippen LogP contribution < -0.4 is 14.8 Å². The van der Waals surface area contributed by atoms with E-state index < -0.39 is 21.9 Å². The van der Waals surface area contributed by atoms with Gasteiger partial charge in [-0.1, -0.05) is 24.3 Å². The van der Waals surface area contributed by atoms with Gasteiger partial charge in [0.05, 0.1) is 30.7 Å². The molecule has 4 rings (SSSR count). The van der Waals surface area contributed by atoms with Crippen molar-refractivity contribution < 1.29 is 32.6 Å². The molecule has 38 heavy (non-hydrogen) atoms. The lowest BCUT2D eigenvalue weighted by Crippen LogP contribution is -2.31. The molecule has 0 unspecified atom stereocenters. The van der Waals surface area contributed by atoms with Crippen LogP contribution in [0.1, 0.15) is 5.56 Å². The van der Waals surface area contributed by atoms with E-state index >= 15 is 0 Å². The molecular formula is C27H27N3O7S. The lowest BCUT2D eigenvalue weighted by molar-refractivity contribution is -0.136. The highest BCUT2D eigenvalue weighted by atomic mass is 32.2. The molecule has 0 fully saturated rings. The Balaban J connectivity index is 1.54. The highest BCUT2D eigenvalue weighted by Gasteiger charge is 2.34. The second kappa shape index (κ2) is 11.4. The summed E-state index contributed by atoms with van der Waals surface area (Å²) in [5.74, 6) is 0.0159. The van der Waals surface area contributed by atoms with E-state index in [1.54, 1.807) is 43.3 Å². The van der Waals surface area contributed by atoms with Gasteiger partial charge in [0.1, 0.15) is 17.2 Å². The number of nitrogens with one attached hydrogen (secondary N) is 2. The summed E-state index contributed by atoms with van der Waals surface area (Å²) in [6, 6.07) is 20.3. The van der Waals surface area contributed by atoms with E-state index in [-0.39, 0.29) is 41.5 Å². The Kier molecular flexibility index (Phi) is 7.99. The predicted octanol–water partition coefficient (Wildman–Crippen LogP) is 3.26. The molecule has 0 aliphatic carbocycles. The molecule has 0 saturated heterocycles. The zero-order valence-corrected chi connectivity index (χ0v) is 21.6. The summed E-state index contributed by atoms with van der Waals surface area (Å²) >= 11 is 0. The van der Waals surface area contributed by atoms with Gasteiger partial charge < -0.3 is 24.8 Å². The lowest BCUT2D eigenvalue weighted by Gasteiger charge is -2.16. The molecule has 10 nitrogen and oxygen atoms in total. The molecule has 0 spiro atoms. The van der Waals surface area contributed by atoms with Crippen molar-refractivity contribution in [1.29, 1.82) is 0 Å². The maximum absolute atomic E-state index is 13.2. The average molecular weight is 538 g/mol. The summed E-state index contributed by atoms with van der Waals surface area (Å²) < 4.78 is 39.6. The van der Waals surface area contributed by atoms with E-state index in [0.29, 0.717) is 22.7 Å². The van der Waals surface area contributed by atoms with Gasteiger partial charge in [0.25, 0.3) is 15.9 Å². The van der Waals surface area contributed by atoms with Crippen molar-refractivity contribution >= 4 is 33.3 Å². The van der Waals surface area contributed by atoms with Crippen LogP contribution in [-0.4, -0.2) is 57.1 Å². The number of rotatable bonds is 10. The first kappa shape index (κ1) is 26.7. The van der Waals surface area contributed by atoms with Gasteiger partial charge in [-0.15, -0.1) is 0 Å². The Hall–Kier alpha value is -4.35. The van der Waals surface area contributed by atoms with Crippen LogP contribution in [0.15, 0.2) is 89.0 Å². The Morgan fingerprint density at radius 2 is 1.66 bits per heavy atom. The first-order valence-corrected chi connectivity index (χ1v) is 13.1. The molecule has 1 aliphatic rings.